The normalized spacial score (nSPS) is 17.6. The van der Waals surface area contributed by atoms with Crippen LogP contribution in [-0.4, -0.2) is 46.8 Å². The molecule has 1 saturated heterocycles. The quantitative estimate of drug-likeness (QED) is 0.816. The van der Waals surface area contributed by atoms with Crippen LogP contribution in [0.2, 0.25) is 0 Å². The number of benzene rings is 1. The summed E-state index contributed by atoms with van der Waals surface area (Å²) in [6.45, 7) is 11.8. The molecule has 1 aliphatic rings. The number of nitrogens with one attached hydrogen (secondary N) is 2. The minimum atomic E-state index is -3.47. The first-order valence-electron chi connectivity index (χ1n) is 7.72. The zero-order valence-electron chi connectivity index (χ0n) is 13.9. The average Bonchev–Trinajstić information content (AvgIpc) is 2.49. The highest BCUT2D eigenvalue weighted by Gasteiger charge is 2.33. The van der Waals surface area contributed by atoms with Gasteiger partial charge in [-0.05, 0) is 51.0 Å². The fourth-order valence-corrected chi connectivity index (χ4v) is 3.96. The van der Waals surface area contributed by atoms with Crippen LogP contribution in [0.5, 0.6) is 0 Å². The molecule has 6 heteroatoms. The Bertz CT molecular complexity index is 620. The van der Waals surface area contributed by atoms with Gasteiger partial charge in [0.2, 0.25) is 10.0 Å². The minimum Gasteiger partial charge on any atom is -0.370 e. The van der Waals surface area contributed by atoms with Gasteiger partial charge in [0.25, 0.3) is 0 Å². The summed E-state index contributed by atoms with van der Waals surface area (Å²) >= 11 is 0. The Morgan fingerprint density at radius 2 is 1.82 bits per heavy atom. The Hall–Kier alpha value is -0.950. The summed E-state index contributed by atoms with van der Waals surface area (Å²) in [6, 6.07) is 5.24. The molecule has 22 heavy (non-hydrogen) atoms. The predicted octanol–water partition coefficient (Wildman–Crippen LogP) is 0.275. The van der Waals surface area contributed by atoms with E-state index in [1.54, 1.807) is 12.1 Å². The lowest BCUT2D eigenvalue weighted by Crippen LogP contribution is -3.22. The number of ether oxygens (including phenoxy) is 1. The Kier molecular flexibility index (Phi) is 5.27. The molecule has 0 saturated carbocycles. The monoisotopic (exact) mass is 327 g/mol. The van der Waals surface area contributed by atoms with Crippen molar-refractivity contribution in [3.8, 4) is 0 Å². The van der Waals surface area contributed by atoms with Gasteiger partial charge in [-0.15, -0.1) is 0 Å². The maximum absolute atomic E-state index is 12.5. The lowest BCUT2D eigenvalue weighted by atomic mass is 10.0. The van der Waals surface area contributed by atoms with Crippen molar-refractivity contribution in [3.05, 3.63) is 29.3 Å². The van der Waals surface area contributed by atoms with Gasteiger partial charge in [-0.25, -0.2) is 13.1 Å². The van der Waals surface area contributed by atoms with Gasteiger partial charge in [0.15, 0.2) is 0 Å². The first-order chi connectivity index (χ1) is 10.2. The zero-order chi connectivity index (χ0) is 16.4. The molecule has 1 aliphatic heterocycles. The van der Waals surface area contributed by atoms with E-state index in [9.17, 15) is 8.42 Å². The minimum absolute atomic E-state index is 0.156. The fraction of sp³-hybridized carbons (Fsp3) is 0.625. The summed E-state index contributed by atoms with van der Waals surface area (Å²) in [7, 11) is -3.47. The van der Waals surface area contributed by atoms with E-state index in [1.165, 1.54) is 4.90 Å². The number of hydrogen-bond donors (Lipinski definition) is 2. The molecule has 1 fully saturated rings. The first-order valence-corrected chi connectivity index (χ1v) is 9.20. The second-order valence-corrected chi connectivity index (χ2v) is 8.44. The third-order valence-corrected chi connectivity index (χ3v) is 5.95. The molecule has 0 amide bonds. The van der Waals surface area contributed by atoms with Gasteiger partial charge in [0.1, 0.15) is 18.6 Å². The number of quaternary nitrogens is 1. The molecule has 0 unspecified atom stereocenters. The van der Waals surface area contributed by atoms with Crippen LogP contribution in [0.15, 0.2) is 23.1 Å². The molecular weight excluding hydrogens is 300 g/mol. The summed E-state index contributed by atoms with van der Waals surface area (Å²) in [4.78, 5) is 1.71. The van der Waals surface area contributed by atoms with E-state index in [0.717, 1.165) is 37.4 Å². The summed E-state index contributed by atoms with van der Waals surface area (Å²) in [5.74, 6) is 0. The molecule has 0 aromatic heterocycles. The van der Waals surface area contributed by atoms with Crippen LogP contribution >= 0.6 is 0 Å². The highest BCUT2D eigenvalue weighted by molar-refractivity contribution is 7.89. The smallest absolute Gasteiger partial charge is 0.240 e. The Morgan fingerprint density at radius 3 is 2.41 bits per heavy atom. The first kappa shape index (κ1) is 17.4. The summed E-state index contributed by atoms with van der Waals surface area (Å²) in [6.07, 6.45) is 0. The van der Waals surface area contributed by atoms with Crippen LogP contribution in [0.1, 0.15) is 25.0 Å². The molecule has 2 N–H and O–H groups in total. The fourth-order valence-electron chi connectivity index (χ4n) is 2.66. The van der Waals surface area contributed by atoms with Gasteiger partial charge in [0.05, 0.1) is 24.7 Å². The molecule has 2 rings (SSSR count). The van der Waals surface area contributed by atoms with Gasteiger partial charge in [-0.2, -0.15) is 0 Å². The molecule has 0 radical (unpaired) electrons. The maximum Gasteiger partial charge on any atom is 0.240 e. The summed E-state index contributed by atoms with van der Waals surface area (Å²) in [5.41, 5.74) is 1.93. The number of hydrogen-bond acceptors (Lipinski definition) is 3. The second kappa shape index (κ2) is 6.66. The van der Waals surface area contributed by atoms with Crippen molar-refractivity contribution < 1.29 is 18.1 Å². The number of morpholine rings is 1. The largest absolute Gasteiger partial charge is 0.370 e. The number of aryl methyl sites for hydroxylation is 2. The van der Waals surface area contributed by atoms with Crippen molar-refractivity contribution in [2.75, 3.05) is 32.8 Å². The third-order valence-electron chi connectivity index (χ3n) is 4.55. The van der Waals surface area contributed by atoms with Crippen molar-refractivity contribution in [1.29, 1.82) is 0 Å². The summed E-state index contributed by atoms with van der Waals surface area (Å²) in [5, 5.41) is 0. The molecule has 1 aromatic carbocycles. The van der Waals surface area contributed by atoms with Gasteiger partial charge in [-0.3, -0.25) is 0 Å². The maximum atomic E-state index is 12.5. The number of sulfonamides is 1. The highest BCUT2D eigenvalue weighted by atomic mass is 32.2. The molecule has 1 aromatic rings. The summed E-state index contributed by atoms with van der Waals surface area (Å²) < 4.78 is 33.1. The van der Waals surface area contributed by atoms with E-state index in [-0.39, 0.29) is 5.54 Å². The topological polar surface area (TPSA) is 59.8 Å². The molecule has 0 bridgehead atoms. The van der Waals surface area contributed by atoms with E-state index < -0.39 is 10.0 Å². The van der Waals surface area contributed by atoms with Crippen molar-refractivity contribution in [1.82, 2.24) is 4.72 Å². The van der Waals surface area contributed by atoms with Crippen molar-refractivity contribution >= 4 is 10.0 Å². The van der Waals surface area contributed by atoms with Gasteiger partial charge in [-0.1, -0.05) is 6.07 Å². The van der Waals surface area contributed by atoms with E-state index in [2.05, 4.69) is 18.6 Å². The Morgan fingerprint density at radius 1 is 1.18 bits per heavy atom. The van der Waals surface area contributed by atoms with E-state index >= 15 is 0 Å². The molecule has 0 spiro atoms. The van der Waals surface area contributed by atoms with E-state index in [1.807, 2.05) is 19.9 Å². The van der Waals surface area contributed by atoms with E-state index in [4.69, 9.17) is 4.74 Å². The van der Waals surface area contributed by atoms with Crippen LogP contribution in [0, 0.1) is 13.8 Å². The van der Waals surface area contributed by atoms with E-state index in [0.29, 0.717) is 11.4 Å². The van der Waals surface area contributed by atoms with Crippen LogP contribution in [-0.2, 0) is 14.8 Å². The van der Waals surface area contributed by atoms with Crippen molar-refractivity contribution in [3.63, 3.8) is 0 Å². The molecule has 0 aliphatic carbocycles. The van der Waals surface area contributed by atoms with Crippen molar-refractivity contribution in [2.24, 2.45) is 0 Å². The number of rotatable bonds is 5. The lowest BCUT2D eigenvalue weighted by molar-refractivity contribution is -0.954. The lowest BCUT2D eigenvalue weighted by Gasteiger charge is -2.37. The standard InChI is InChI=1S/C16H26N2O3S/c1-13-5-6-15(11-14(13)2)22(19,20)17-12-16(3,4)18-7-9-21-10-8-18/h5-6,11,17H,7-10,12H2,1-4H3/p+1. The molecule has 0 atom stereocenters. The molecular formula is C16H27N2O3S+. The van der Waals surface area contributed by atoms with Crippen LogP contribution in [0.3, 0.4) is 0 Å². The molecule has 1 heterocycles. The van der Waals surface area contributed by atoms with Crippen molar-refractivity contribution in [2.45, 2.75) is 38.1 Å². The second-order valence-electron chi connectivity index (χ2n) is 6.67. The highest BCUT2D eigenvalue weighted by Crippen LogP contribution is 2.14. The van der Waals surface area contributed by atoms with Gasteiger partial charge >= 0.3 is 0 Å². The van der Waals surface area contributed by atoms with Crippen LogP contribution in [0.25, 0.3) is 0 Å². The molecule has 5 nitrogen and oxygen atoms in total. The third kappa shape index (κ3) is 4.07. The van der Waals surface area contributed by atoms with Gasteiger partial charge in [0, 0.05) is 0 Å². The molecule has 124 valence electrons. The van der Waals surface area contributed by atoms with Crippen LogP contribution < -0.4 is 9.62 Å². The SMILES string of the molecule is Cc1ccc(S(=O)(=O)NCC(C)(C)[NH+]2CCOCC2)cc1C. The Labute approximate surface area is 133 Å². The average molecular weight is 327 g/mol. The predicted molar refractivity (Wildman–Crippen MR) is 86.7 cm³/mol. The Balaban J connectivity index is 2.06. The van der Waals surface area contributed by atoms with Crippen LogP contribution in [0.4, 0.5) is 0 Å². The zero-order valence-corrected chi connectivity index (χ0v) is 14.7. The van der Waals surface area contributed by atoms with Gasteiger partial charge < -0.3 is 9.64 Å².